The van der Waals surface area contributed by atoms with E-state index in [2.05, 4.69) is 218 Å². The number of hydrogen-bond donors (Lipinski definition) is 0. The van der Waals surface area contributed by atoms with Gasteiger partial charge in [0, 0.05) is 48.6 Å². The van der Waals surface area contributed by atoms with Gasteiger partial charge in [0.1, 0.15) is 0 Å². The molecule has 0 amide bonds. The van der Waals surface area contributed by atoms with Crippen LogP contribution in [0, 0.1) is 6.92 Å². The Morgan fingerprint density at radius 3 is 1.73 bits per heavy atom. The maximum atomic E-state index is 2.76. The number of anilines is 5. The van der Waals surface area contributed by atoms with E-state index in [4.69, 9.17) is 0 Å². The maximum absolute atomic E-state index is 2.76. The molecule has 0 atom stereocenters. The van der Waals surface area contributed by atoms with Crippen LogP contribution in [-0.4, -0.2) is 6.85 Å². The van der Waals surface area contributed by atoms with Crippen LogP contribution in [0.25, 0.3) is 53.9 Å². The van der Waals surface area contributed by atoms with Gasteiger partial charge in [0.15, 0.2) is 0 Å². The van der Waals surface area contributed by atoms with E-state index in [1.165, 1.54) is 146 Å². The van der Waals surface area contributed by atoms with E-state index < -0.39 is 0 Å². The number of nitrogens with zero attached hydrogens (tertiary/aromatic N) is 2. The molecule has 330 valence electrons. The van der Waals surface area contributed by atoms with Gasteiger partial charge in [-0.05, 0) is 157 Å². The van der Waals surface area contributed by atoms with Crippen molar-refractivity contribution in [2.45, 2.75) is 110 Å². The van der Waals surface area contributed by atoms with E-state index in [0.29, 0.717) is 0 Å². The van der Waals surface area contributed by atoms with E-state index in [1.54, 1.807) is 0 Å². The van der Waals surface area contributed by atoms with Crippen LogP contribution in [0.4, 0.5) is 28.4 Å². The fourth-order valence-electron chi connectivity index (χ4n) is 12.9. The zero-order valence-electron chi connectivity index (χ0n) is 40.6. The van der Waals surface area contributed by atoms with Crippen LogP contribution in [0.1, 0.15) is 109 Å². The lowest BCUT2D eigenvalue weighted by Crippen LogP contribution is -2.60. The molecule has 2 nitrogen and oxygen atoms in total. The Balaban J connectivity index is 1.19. The molecule has 0 radical (unpaired) electrons. The molecule has 0 saturated heterocycles. The van der Waals surface area contributed by atoms with E-state index in [-0.39, 0.29) is 28.5 Å². The van der Waals surface area contributed by atoms with Crippen LogP contribution in [0.5, 0.6) is 0 Å². The average Bonchev–Trinajstić information content (AvgIpc) is 3.70. The Hall–Kier alpha value is -6.10. The second-order valence-electron chi connectivity index (χ2n) is 23.0. The Morgan fingerprint density at radius 2 is 1.04 bits per heavy atom. The van der Waals surface area contributed by atoms with Crippen molar-refractivity contribution in [2.24, 2.45) is 0 Å². The first-order chi connectivity index (χ1) is 32.1. The first-order valence-electron chi connectivity index (χ1n) is 24.7. The van der Waals surface area contributed by atoms with Crippen molar-refractivity contribution in [2.75, 3.05) is 9.71 Å². The highest BCUT2D eigenvalue weighted by atomic mass is 32.1. The highest BCUT2D eigenvalue weighted by molar-refractivity contribution is 7.32. The molecular weight excluding hydrogens is 828 g/mol. The summed E-state index contributed by atoms with van der Waals surface area (Å²) >= 11 is 2.05. The molecule has 2 aliphatic heterocycles. The summed E-state index contributed by atoms with van der Waals surface area (Å²) in [5.74, 6) is 0. The molecule has 3 heterocycles. The predicted octanol–water partition coefficient (Wildman–Crippen LogP) is 16.6. The number of aryl methyl sites for hydroxylation is 1. The molecule has 8 aromatic carbocycles. The van der Waals surface area contributed by atoms with Crippen LogP contribution in [-0.2, 0) is 21.7 Å². The van der Waals surface area contributed by atoms with Crippen molar-refractivity contribution in [3.05, 3.63) is 173 Å². The fourth-order valence-corrected chi connectivity index (χ4v) is 14.3. The maximum Gasteiger partial charge on any atom is 0.343 e. The smallest absolute Gasteiger partial charge is 0.343 e. The van der Waals surface area contributed by atoms with Gasteiger partial charge in [-0.15, -0.1) is 11.3 Å². The average molecular weight is 887 g/mol. The van der Waals surface area contributed by atoms with Crippen molar-refractivity contribution in [3.63, 3.8) is 0 Å². The van der Waals surface area contributed by atoms with E-state index in [9.17, 15) is 0 Å². The van der Waals surface area contributed by atoms with Gasteiger partial charge in [0.25, 0.3) is 0 Å². The number of hydrogen-bond acceptors (Lipinski definition) is 3. The molecule has 0 fully saturated rings. The van der Waals surface area contributed by atoms with Crippen molar-refractivity contribution in [3.8, 4) is 22.3 Å². The topological polar surface area (TPSA) is 6.48 Å². The molecule has 0 unspecified atom stereocenters. The van der Waals surface area contributed by atoms with Gasteiger partial charge in [-0.3, -0.25) is 0 Å². The minimum Gasteiger partial charge on any atom is -0.375 e. The highest BCUT2D eigenvalue weighted by Gasteiger charge is 2.49. The number of benzene rings is 8. The van der Waals surface area contributed by atoms with Gasteiger partial charge in [0.2, 0.25) is 0 Å². The van der Waals surface area contributed by atoms with Crippen molar-refractivity contribution in [1.82, 2.24) is 0 Å². The van der Waals surface area contributed by atoms with Gasteiger partial charge < -0.3 is 9.71 Å². The lowest BCUT2D eigenvalue weighted by atomic mass is 9.46. The second kappa shape index (κ2) is 14.0. The number of thiophene rings is 1. The van der Waals surface area contributed by atoms with E-state index >= 15 is 0 Å². The third-order valence-corrected chi connectivity index (χ3v) is 18.2. The van der Waals surface area contributed by atoms with Crippen LogP contribution in [0.15, 0.2) is 146 Å². The molecule has 13 rings (SSSR count). The molecule has 4 heteroatoms. The van der Waals surface area contributed by atoms with Crippen LogP contribution < -0.4 is 20.0 Å². The van der Waals surface area contributed by atoms with Crippen molar-refractivity contribution >= 4 is 88.5 Å². The Labute approximate surface area is 401 Å². The summed E-state index contributed by atoms with van der Waals surface area (Å²) in [6.45, 7) is 22.1. The molecule has 0 spiro atoms. The standard InChI is InChI=1S/C63H59BN2S/c1-38-33-48-50(62(6,7)31-29-60(48,2)3)36-52(38)65-53-34-42-20-14-15-21-44(42)55-46-28-25-41-19-13-16-22-45(41)57(46)66(43-26-23-40(24-27-43)39-17-11-10-12-18-39)64(56(53)55)59-58(65)47-35-49-51(37-54(47)67-59)63(8,9)32-30-61(49,4)5/h10-28,33-37H,29-32H2,1-9H3. The molecule has 0 bridgehead atoms. The lowest BCUT2D eigenvalue weighted by Gasteiger charge is -2.47. The normalized spacial score (nSPS) is 18.1. The van der Waals surface area contributed by atoms with Gasteiger partial charge in [-0.1, -0.05) is 165 Å². The third-order valence-electron chi connectivity index (χ3n) is 17.0. The van der Waals surface area contributed by atoms with E-state index in [0.717, 1.165) is 0 Å². The molecule has 0 N–H and O–H groups in total. The quantitative estimate of drug-likeness (QED) is 0.163. The third kappa shape index (κ3) is 5.87. The van der Waals surface area contributed by atoms with Gasteiger partial charge in [0.05, 0.1) is 5.69 Å². The van der Waals surface area contributed by atoms with Gasteiger partial charge >= 0.3 is 6.85 Å². The summed E-state index contributed by atoms with van der Waals surface area (Å²) in [5, 5.41) is 6.52. The zero-order valence-corrected chi connectivity index (χ0v) is 41.4. The van der Waals surface area contributed by atoms with Gasteiger partial charge in [-0.2, -0.15) is 0 Å². The molecule has 2 aliphatic carbocycles. The van der Waals surface area contributed by atoms with Crippen molar-refractivity contribution in [1.29, 1.82) is 0 Å². The molecule has 0 saturated carbocycles. The molecule has 67 heavy (non-hydrogen) atoms. The SMILES string of the molecule is Cc1cc2c(cc1N1c3cc4ccccc4c4c3B(c3sc5cc6c(cc5c31)C(C)(C)CCC6(C)C)N(c1ccc(-c3ccccc3)cc1)c1c-4ccc3ccccc13)C(C)(C)CCC2(C)C. The predicted molar refractivity (Wildman–Crippen MR) is 291 cm³/mol. The summed E-state index contributed by atoms with van der Waals surface area (Å²) < 4.78 is 2.80. The van der Waals surface area contributed by atoms with Crippen LogP contribution in [0.3, 0.4) is 0 Å². The zero-order chi connectivity index (χ0) is 45.9. The minimum atomic E-state index is -0.0782. The summed E-state index contributed by atoms with van der Waals surface area (Å²) in [7, 11) is 0. The fraction of sp³-hybridized carbons (Fsp3) is 0.270. The molecule has 1 aromatic heterocycles. The molecule has 4 aliphatic rings. The Kier molecular flexibility index (Phi) is 8.58. The lowest BCUT2D eigenvalue weighted by molar-refractivity contribution is 0.332. The van der Waals surface area contributed by atoms with Gasteiger partial charge in [-0.25, -0.2) is 0 Å². The Morgan fingerprint density at radius 1 is 0.478 bits per heavy atom. The first-order valence-corrected chi connectivity index (χ1v) is 25.5. The first kappa shape index (κ1) is 41.1. The second-order valence-corrected chi connectivity index (χ2v) is 24.1. The van der Waals surface area contributed by atoms with Crippen LogP contribution in [0.2, 0.25) is 0 Å². The monoisotopic (exact) mass is 886 g/mol. The summed E-state index contributed by atoms with van der Waals surface area (Å²) in [6, 6.07) is 56.4. The minimum absolute atomic E-state index is 0.0609. The van der Waals surface area contributed by atoms with Crippen molar-refractivity contribution < 1.29 is 0 Å². The molecule has 9 aromatic rings. The Bertz CT molecular complexity index is 3550. The number of fused-ring (bicyclic) bond motifs is 12. The largest absolute Gasteiger partial charge is 0.375 e. The summed E-state index contributed by atoms with van der Waals surface area (Å²) in [6.07, 6.45) is 4.75. The summed E-state index contributed by atoms with van der Waals surface area (Å²) in [5.41, 5.74) is 20.7. The van der Waals surface area contributed by atoms with E-state index in [1.807, 2.05) is 11.3 Å². The highest BCUT2D eigenvalue weighted by Crippen LogP contribution is 2.57. The summed E-state index contributed by atoms with van der Waals surface area (Å²) in [4.78, 5) is 5.51. The van der Waals surface area contributed by atoms with Crippen LogP contribution >= 0.6 is 11.3 Å². The number of rotatable bonds is 3. The molecular formula is C63H59BN2S.